The summed E-state index contributed by atoms with van der Waals surface area (Å²) in [6, 6.07) is 2.31. The molecule has 0 radical (unpaired) electrons. The van der Waals surface area contributed by atoms with Crippen LogP contribution in [0.2, 0.25) is 5.02 Å². The molecule has 0 spiro atoms. The molecule has 1 aromatic rings. The van der Waals surface area contributed by atoms with Gasteiger partial charge in [0.1, 0.15) is 0 Å². The van der Waals surface area contributed by atoms with Crippen LogP contribution in [0.3, 0.4) is 0 Å². The van der Waals surface area contributed by atoms with Crippen molar-refractivity contribution in [2.24, 2.45) is 11.8 Å². The second-order valence-electron chi connectivity index (χ2n) is 5.42. The van der Waals surface area contributed by atoms with Crippen molar-refractivity contribution < 1.29 is 8.78 Å². The van der Waals surface area contributed by atoms with Crippen molar-refractivity contribution in [3.05, 3.63) is 34.4 Å². The summed E-state index contributed by atoms with van der Waals surface area (Å²) in [6.45, 7) is 5.08. The van der Waals surface area contributed by atoms with Crippen molar-refractivity contribution in [2.45, 2.75) is 39.2 Å². The molecule has 0 bridgehead atoms. The summed E-state index contributed by atoms with van der Waals surface area (Å²) in [4.78, 5) is 0. The van der Waals surface area contributed by atoms with Crippen LogP contribution in [-0.2, 0) is 0 Å². The molecule has 1 saturated carbocycles. The van der Waals surface area contributed by atoms with E-state index in [0.717, 1.165) is 19.0 Å². The van der Waals surface area contributed by atoms with Gasteiger partial charge in [-0.15, -0.1) is 0 Å². The molecule has 0 heterocycles. The molecule has 106 valence electrons. The Morgan fingerprint density at radius 3 is 2.53 bits per heavy atom. The van der Waals surface area contributed by atoms with Crippen LogP contribution in [0.1, 0.15) is 44.7 Å². The summed E-state index contributed by atoms with van der Waals surface area (Å²) >= 11 is 6.10. The first-order valence-electron chi connectivity index (χ1n) is 6.92. The van der Waals surface area contributed by atoms with Crippen molar-refractivity contribution in [1.29, 1.82) is 0 Å². The van der Waals surface area contributed by atoms with Crippen molar-refractivity contribution in [2.75, 3.05) is 6.54 Å². The van der Waals surface area contributed by atoms with Crippen LogP contribution in [0.4, 0.5) is 8.78 Å². The molecule has 2 unspecified atom stereocenters. The first kappa shape index (κ1) is 14.7. The zero-order valence-corrected chi connectivity index (χ0v) is 12.1. The van der Waals surface area contributed by atoms with Gasteiger partial charge in [-0.1, -0.05) is 25.4 Å². The molecule has 1 aliphatic carbocycles. The zero-order valence-electron chi connectivity index (χ0n) is 11.3. The fourth-order valence-corrected chi connectivity index (χ4v) is 2.82. The van der Waals surface area contributed by atoms with Gasteiger partial charge >= 0.3 is 0 Å². The number of rotatable bonds is 6. The minimum atomic E-state index is -0.887. The van der Waals surface area contributed by atoms with E-state index in [-0.39, 0.29) is 6.04 Å². The van der Waals surface area contributed by atoms with E-state index in [1.54, 1.807) is 0 Å². The van der Waals surface area contributed by atoms with Gasteiger partial charge in [0, 0.05) is 11.1 Å². The Bertz CT molecular complexity index is 446. The maximum atomic E-state index is 13.5. The third kappa shape index (κ3) is 3.46. The maximum Gasteiger partial charge on any atom is 0.160 e. The number of benzene rings is 1. The minimum Gasteiger partial charge on any atom is -0.310 e. The van der Waals surface area contributed by atoms with E-state index in [1.807, 2.05) is 0 Å². The van der Waals surface area contributed by atoms with Crippen molar-refractivity contribution in [1.82, 2.24) is 5.32 Å². The molecule has 4 heteroatoms. The fourth-order valence-electron chi connectivity index (χ4n) is 2.55. The van der Waals surface area contributed by atoms with Crippen molar-refractivity contribution in [3.63, 3.8) is 0 Å². The molecule has 1 nitrogen and oxygen atoms in total. The minimum absolute atomic E-state index is 0.00458. The molecule has 1 aromatic carbocycles. The Labute approximate surface area is 118 Å². The van der Waals surface area contributed by atoms with Gasteiger partial charge in [0.2, 0.25) is 0 Å². The normalized spacial score (nSPS) is 18.4. The van der Waals surface area contributed by atoms with E-state index < -0.39 is 11.6 Å². The molecule has 1 aliphatic rings. The predicted molar refractivity (Wildman–Crippen MR) is 74.3 cm³/mol. The smallest absolute Gasteiger partial charge is 0.160 e. The molecule has 1 N–H and O–H groups in total. The Morgan fingerprint density at radius 1 is 1.32 bits per heavy atom. The van der Waals surface area contributed by atoms with Gasteiger partial charge < -0.3 is 5.32 Å². The van der Waals surface area contributed by atoms with Gasteiger partial charge in [0.15, 0.2) is 11.6 Å². The summed E-state index contributed by atoms with van der Waals surface area (Å²) in [5, 5.41) is 3.73. The van der Waals surface area contributed by atoms with Gasteiger partial charge in [0.05, 0.1) is 0 Å². The van der Waals surface area contributed by atoms with Gasteiger partial charge in [0.25, 0.3) is 0 Å². The Hall–Kier alpha value is -0.670. The molecular weight excluding hydrogens is 268 g/mol. The van der Waals surface area contributed by atoms with Gasteiger partial charge in [-0.05, 0) is 55.3 Å². The van der Waals surface area contributed by atoms with E-state index >= 15 is 0 Å². The average Bonchev–Trinajstić information content (AvgIpc) is 3.19. The summed E-state index contributed by atoms with van der Waals surface area (Å²) in [5.74, 6) is -0.666. The van der Waals surface area contributed by atoms with Crippen LogP contribution in [0.5, 0.6) is 0 Å². The van der Waals surface area contributed by atoms with Crippen LogP contribution in [0.15, 0.2) is 12.1 Å². The number of hydrogen-bond donors (Lipinski definition) is 1. The largest absolute Gasteiger partial charge is 0.310 e. The van der Waals surface area contributed by atoms with Crippen LogP contribution < -0.4 is 5.32 Å². The first-order chi connectivity index (χ1) is 9.04. The molecule has 1 fully saturated rings. The summed E-state index contributed by atoms with van der Waals surface area (Å²) < 4.78 is 26.6. The summed E-state index contributed by atoms with van der Waals surface area (Å²) in [6.07, 6.45) is 3.43. The third-order valence-corrected chi connectivity index (χ3v) is 4.21. The monoisotopic (exact) mass is 287 g/mol. The van der Waals surface area contributed by atoms with E-state index in [1.165, 1.54) is 18.9 Å². The Morgan fingerprint density at radius 2 is 1.95 bits per heavy atom. The van der Waals surface area contributed by atoms with Crippen LogP contribution in [-0.4, -0.2) is 6.54 Å². The van der Waals surface area contributed by atoms with Crippen molar-refractivity contribution in [3.8, 4) is 0 Å². The summed E-state index contributed by atoms with van der Waals surface area (Å²) in [5.41, 5.74) is 0.674. The molecule has 19 heavy (non-hydrogen) atoms. The van der Waals surface area contributed by atoms with Gasteiger partial charge in [-0.25, -0.2) is 8.78 Å². The standard InChI is InChI=1S/C15H20ClF2N/c1-3-6-19-15(9(2)10-4-5-10)11-7-13(17)14(18)8-12(11)16/h7-10,15,19H,3-6H2,1-2H3. The number of nitrogens with one attached hydrogen (secondary N) is 1. The van der Waals surface area contributed by atoms with E-state index in [2.05, 4.69) is 19.2 Å². The van der Waals surface area contributed by atoms with Crippen LogP contribution in [0.25, 0.3) is 0 Å². The quantitative estimate of drug-likeness (QED) is 0.748. The lowest BCUT2D eigenvalue weighted by Gasteiger charge is -2.26. The Balaban J connectivity index is 2.28. The van der Waals surface area contributed by atoms with Crippen LogP contribution in [0, 0.1) is 23.5 Å². The Kier molecular flexibility index (Phi) is 4.80. The lowest BCUT2D eigenvalue weighted by molar-refractivity contribution is 0.348. The predicted octanol–water partition coefficient (Wildman–Crippen LogP) is 4.71. The molecule has 2 atom stereocenters. The molecule has 0 saturated heterocycles. The van der Waals surface area contributed by atoms with Crippen LogP contribution >= 0.6 is 11.6 Å². The highest BCUT2D eigenvalue weighted by atomic mass is 35.5. The molecule has 0 aromatic heterocycles. The van der Waals surface area contributed by atoms with Crippen molar-refractivity contribution >= 4 is 11.6 Å². The molecule has 2 rings (SSSR count). The topological polar surface area (TPSA) is 12.0 Å². The fraction of sp³-hybridized carbons (Fsp3) is 0.600. The SMILES string of the molecule is CCCNC(c1cc(F)c(F)cc1Cl)C(C)C1CC1. The highest BCUT2D eigenvalue weighted by Gasteiger charge is 2.34. The molecule has 0 aliphatic heterocycles. The number of hydrogen-bond acceptors (Lipinski definition) is 1. The highest BCUT2D eigenvalue weighted by molar-refractivity contribution is 6.31. The maximum absolute atomic E-state index is 13.5. The van der Waals surface area contributed by atoms with Gasteiger partial charge in [-0.2, -0.15) is 0 Å². The second-order valence-corrected chi connectivity index (χ2v) is 5.82. The zero-order chi connectivity index (χ0) is 14.0. The average molecular weight is 288 g/mol. The summed E-state index contributed by atoms with van der Waals surface area (Å²) in [7, 11) is 0. The van der Waals surface area contributed by atoms with E-state index in [0.29, 0.717) is 22.4 Å². The first-order valence-corrected chi connectivity index (χ1v) is 7.30. The third-order valence-electron chi connectivity index (χ3n) is 3.88. The highest BCUT2D eigenvalue weighted by Crippen LogP contribution is 2.44. The lowest BCUT2D eigenvalue weighted by Crippen LogP contribution is -2.29. The number of halogens is 3. The second kappa shape index (κ2) is 6.19. The van der Waals surface area contributed by atoms with E-state index in [9.17, 15) is 8.78 Å². The lowest BCUT2D eigenvalue weighted by atomic mass is 9.90. The van der Waals surface area contributed by atoms with E-state index in [4.69, 9.17) is 11.6 Å². The van der Waals surface area contributed by atoms with Gasteiger partial charge in [-0.3, -0.25) is 0 Å². The molecule has 0 amide bonds. The molecular formula is C15H20ClF2N.